The Labute approximate surface area is 314 Å². The molecule has 2 fully saturated rings. The number of anilines is 5. The Morgan fingerprint density at radius 3 is 2.63 bits per heavy atom. The van der Waals surface area contributed by atoms with Gasteiger partial charge in [-0.15, -0.1) is 0 Å². The summed E-state index contributed by atoms with van der Waals surface area (Å²) in [7, 11) is 1.68. The van der Waals surface area contributed by atoms with E-state index >= 15 is 0 Å². The number of piperazine rings is 1. The van der Waals surface area contributed by atoms with E-state index in [0.29, 0.717) is 41.3 Å². The number of hydrogen-bond donors (Lipinski definition) is 2. The number of carbonyl (C=O) groups is 2. The molecule has 7 heterocycles. The van der Waals surface area contributed by atoms with Crippen molar-refractivity contribution in [3.8, 4) is 11.3 Å². The zero-order valence-corrected chi connectivity index (χ0v) is 31.7. The van der Waals surface area contributed by atoms with E-state index in [2.05, 4.69) is 58.4 Å². The van der Waals surface area contributed by atoms with E-state index in [9.17, 15) is 14.4 Å². The van der Waals surface area contributed by atoms with Gasteiger partial charge in [0.1, 0.15) is 11.5 Å². The third-order valence-corrected chi connectivity index (χ3v) is 11.3. The van der Waals surface area contributed by atoms with Gasteiger partial charge in [-0.2, -0.15) is 0 Å². The predicted molar refractivity (Wildman–Crippen MR) is 209 cm³/mol. The number of pyridine rings is 2. The van der Waals surface area contributed by atoms with Crippen LogP contribution >= 0.6 is 0 Å². The van der Waals surface area contributed by atoms with E-state index in [0.717, 1.165) is 75.5 Å². The van der Waals surface area contributed by atoms with Crippen molar-refractivity contribution in [3.63, 3.8) is 0 Å². The molecule has 1 unspecified atom stereocenters. The Morgan fingerprint density at radius 1 is 1.07 bits per heavy atom. The minimum Gasteiger partial charge on any atom is -0.378 e. The Balaban J connectivity index is 1.08. The molecule has 4 aromatic heterocycles. The summed E-state index contributed by atoms with van der Waals surface area (Å²) < 4.78 is 9.11. The second-order valence-corrected chi connectivity index (χ2v) is 15.8. The molecule has 282 valence electrons. The van der Waals surface area contributed by atoms with Crippen molar-refractivity contribution >= 4 is 40.6 Å². The van der Waals surface area contributed by atoms with Gasteiger partial charge in [0.15, 0.2) is 11.6 Å². The summed E-state index contributed by atoms with van der Waals surface area (Å²) in [5.74, 6) is 0.900. The molecule has 8 rings (SSSR count). The highest BCUT2D eigenvalue weighted by Crippen LogP contribution is 2.40. The molecule has 3 aliphatic heterocycles. The van der Waals surface area contributed by atoms with E-state index in [1.54, 1.807) is 36.6 Å². The largest absolute Gasteiger partial charge is 0.378 e. The molecule has 1 aliphatic carbocycles. The maximum absolute atomic E-state index is 14.1. The van der Waals surface area contributed by atoms with Crippen molar-refractivity contribution < 1.29 is 14.3 Å². The minimum atomic E-state index is -0.364. The fourth-order valence-corrected chi connectivity index (χ4v) is 8.42. The highest BCUT2D eigenvalue weighted by molar-refractivity contribution is 6.06. The highest BCUT2D eigenvalue weighted by atomic mass is 16.5. The number of fused-ring (bicyclic) bond motifs is 3. The smallest absolute Gasteiger partial charge is 0.293 e. The Bertz CT molecular complexity index is 2220. The lowest BCUT2D eigenvalue weighted by atomic mass is 9.90. The van der Waals surface area contributed by atoms with Gasteiger partial charge in [0.05, 0.1) is 42.5 Å². The molecule has 0 saturated carbocycles. The lowest BCUT2D eigenvalue weighted by Gasteiger charge is -2.46. The summed E-state index contributed by atoms with van der Waals surface area (Å²) in [6, 6.07) is 6.30. The van der Waals surface area contributed by atoms with Gasteiger partial charge in [-0.25, -0.2) is 15.0 Å². The van der Waals surface area contributed by atoms with E-state index in [1.165, 1.54) is 21.9 Å². The predicted octanol–water partition coefficient (Wildman–Crippen LogP) is 4.30. The molecule has 54 heavy (non-hydrogen) atoms. The first-order valence-electron chi connectivity index (χ1n) is 18.8. The molecule has 0 bridgehead atoms. The Kier molecular flexibility index (Phi) is 9.13. The highest BCUT2D eigenvalue weighted by Gasteiger charge is 2.37. The van der Waals surface area contributed by atoms with Crippen molar-refractivity contribution in [2.75, 3.05) is 59.8 Å². The summed E-state index contributed by atoms with van der Waals surface area (Å²) >= 11 is 0. The number of carbonyl (C=O) groups excluding carboxylic acids is 2. The second kappa shape index (κ2) is 13.8. The van der Waals surface area contributed by atoms with Gasteiger partial charge in [0.25, 0.3) is 11.5 Å². The van der Waals surface area contributed by atoms with Crippen LogP contribution in [-0.4, -0.2) is 92.3 Å². The maximum Gasteiger partial charge on any atom is 0.293 e. The first-order chi connectivity index (χ1) is 25.9. The molecule has 0 spiro atoms. The van der Waals surface area contributed by atoms with Crippen molar-refractivity contribution in [2.45, 2.75) is 65.6 Å². The topological polar surface area (TPSA) is 143 Å². The number of amides is 2. The van der Waals surface area contributed by atoms with Crippen LogP contribution in [-0.2, 0) is 36.0 Å². The number of aryl methyl sites for hydroxylation is 1. The van der Waals surface area contributed by atoms with Crippen molar-refractivity contribution in [2.24, 2.45) is 12.5 Å². The normalized spacial score (nSPS) is 19.9. The van der Waals surface area contributed by atoms with Crippen LogP contribution in [0.1, 0.15) is 54.5 Å². The van der Waals surface area contributed by atoms with E-state index in [-0.39, 0.29) is 34.6 Å². The van der Waals surface area contributed by atoms with Crippen LogP contribution in [0.5, 0.6) is 0 Å². The zero-order valence-electron chi connectivity index (χ0n) is 31.7. The van der Waals surface area contributed by atoms with E-state index in [4.69, 9.17) is 19.7 Å². The molecular formula is C40H48N10O4. The lowest BCUT2D eigenvalue weighted by molar-refractivity contribution is -0.111. The number of rotatable bonds is 8. The molecule has 4 aliphatic rings. The SMILES string of the molecule is C=CC(=O)Nc1cc(Nc2nc(-c3ccnc(N4CCCn5c(cc6c5CC(C)(C)C6)C4=O)c3C)cn(C)c2=O)cnc1N1CCN(C2COC2)CC1C. The number of hydrogen-bond acceptors (Lipinski definition) is 10. The first-order valence-corrected chi connectivity index (χ1v) is 18.8. The number of nitrogens with zero attached hydrogens (tertiary/aromatic N) is 8. The van der Waals surface area contributed by atoms with Crippen molar-refractivity contribution in [1.82, 2.24) is 29.0 Å². The fourth-order valence-electron chi connectivity index (χ4n) is 8.42. The molecule has 2 amide bonds. The van der Waals surface area contributed by atoms with Crippen LogP contribution in [0.4, 0.5) is 28.8 Å². The van der Waals surface area contributed by atoms with Crippen LogP contribution in [0.2, 0.25) is 0 Å². The van der Waals surface area contributed by atoms with Crippen LogP contribution < -0.4 is 26.0 Å². The van der Waals surface area contributed by atoms with Crippen LogP contribution in [0.15, 0.2) is 54.2 Å². The standard InChI is InChI=1S/C40H48N10O4/c1-7-34(51)44-30-16-27(19-42-37(30)48-14-13-47(20-24(48)2)28-22-54-23-28)43-35-39(53)46(6)21-31(45-35)29-9-10-41-36(25(29)3)50-12-8-11-49-32(38(50)52)15-26-17-40(4,5)18-33(26)49/h7,9-10,15-16,19,21,24,28H,1,8,11-14,17-18,20,22-23H2,2-6H3,(H,43,45)(H,44,51). The lowest BCUT2D eigenvalue weighted by Crippen LogP contribution is -2.59. The van der Waals surface area contributed by atoms with Crippen molar-refractivity contribution in [3.05, 3.63) is 82.3 Å². The number of nitrogens with one attached hydrogen (secondary N) is 2. The summed E-state index contributed by atoms with van der Waals surface area (Å²) in [5.41, 5.74) is 6.21. The van der Waals surface area contributed by atoms with Gasteiger partial charge in [0.2, 0.25) is 5.91 Å². The summed E-state index contributed by atoms with van der Waals surface area (Å²) in [5, 5.41) is 6.09. The van der Waals surface area contributed by atoms with E-state index in [1.807, 2.05) is 13.0 Å². The summed E-state index contributed by atoms with van der Waals surface area (Å²) in [6.45, 7) is 17.6. The molecular weight excluding hydrogens is 685 g/mol. The van der Waals surface area contributed by atoms with Gasteiger partial charge >= 0.3 is 0 Å². The van der Waals surface area contributed by atoms with Gasteiger partial charge in [-0.3, -0.25) is 24.2 Å². The third-order valence-electron chi connectivity index (χ3n) is 11.3. The monoisotopic (exact) mass is 732 g/mol. The van der Waals surface area contributed by atoms with Gasteiger partial charge in [-0.1, -0.05) is 20.4 Å². The molecule has 2 saturated heterocycles. The minimum absolute atomic E-state index is 0.0530. The Morgan fingerprint density at radius 2 is 1.89 bits per heavy atom. The Hall–Kier alpha value is -5.34. The molecule has 0 radical (unpaired) electrons. The summed E-state index contributed by atoms with van der Waals surface area (Å²) in [4.78, 5) is 60.9. The van der Waals surface area contributed by atoms with Gasteiger partial charge < -0.3 is 29.4 Å². The third kappa shape index (κ3) is 6.47. The molecule has 4 aromatic rings. The van der Waals surface area contributed by atoms with Crippen LogP contribution in [0.3, 0.4) is 0 Å². The van der Waals surface area contributed by atoms with Crippen molar-refractivity contribution in [1.29, 1.82) is 0 Å². The maximum atomic E-state index is 14.1. The molecule has 0 aromatic carbocycles. The average Bonchev–Trinajstić information content (AvgIpc) is 3.53. The number of aromatic nitrogens is 5. The summed E-state index contributed by atoms with van der Waals surface area (Å²) in [6.07, 6.45) is 9.00. The van der Waals surface area contributed by atoms with E-state index < -0.39 is 0 Å². The zero-order chi connectivity index (χ0) is 37.9. The van der Waals surface area contributed by atoms with Crippen LogP contribution in [0, 0.1) is 12.3 Å². The fraction of sp³-hybridized carbons (Fsp3) is 0.450. The quantitative estimate of drug-likeness (QED) is 0.252. The van der Waals surface area contributed by atoms with Gasteiger partial charge in [-0.05, 0) is 68.4 Å². The second-order valence-electron chi connectivity index (χ2n) is 15.8. The molecule has 14 heteroatoms. The van der Waals surface area contributed by atoms with Crippen LogP contribution in [0.25, 0.3) is 11.3 Å². The molecule has 1 atom stereocenters. The van der Waals surface area contributed by atoms with Gasteiger partial charge in [0, 0.05) is 75.0 Å². The number of ether oxygens (including phenoxy) is 1. The molecule has 2 N–H and O–H groups in total. The average molecular weight is 733 g/mol. The first kappa shape index (κ1) is 35.7. The molecule has 14 nitrogen and oxygen atoms in total.